The minimum absolute atomic E-state index is 0.00967. The third-order valence-corrected chi connectivity index (χ3v) is 4.50. The van der Waals surface area contributed by atoms with E-state index in [-0.39, 0.29) is 23.6 Å². The lowest BCUT2D eigenvalue weighted by Gasteiger charge is -2.33. The van der Waals surface area contributed by atoms with Crippen LogP contribution in [0.4, 0.5) is 0 Å². The molecule has 0 saturated heterocycles. The van der Waals surface area contributed by atoms with Gasteiger partial charge in [0.05, 0.1) is 18.5 Å². The number of carbonyl (C=O) groups excluding carboxylic acids is 1. The maximum atomic E-state index is 11.0. The first-order valence-corrected chi connectivity index (χ1v) is 6.45. The molecule has 0 aliphatic heterocycles. The summed E-state index contributed by atoms with van der Waals surface area (Å²) in [5.41, 5.74) is -0.356. The Bertz CT molecular complexity index is 376. The van der Waals surface area contributed by atoms with Crippen molar-refractivity contribution in [3.63, 3.8) is 0 Å². The van der Waals surface area contributed by atoms with Crippen LogP contribution in [0.3, 0.4) is 0 Å². The summed E-state index contributed by atoms with van der Waals surface area (Å²) in [5, 5.41) is 0. The van der Waals surface area contributed by atoms with Crippen molar-refractivity contribution in [3.8, 4) is 0 Å². The molecule has 0 radical (unpaired) electrons. The average molecular weight is 254 g/mol. The van der Waals surface area contributed by atoms with E-state index in [0.29, 0.717) is 11.8 Å². The molecule has 2 rings (SSSR count). The van der Waals surface area contributed by atoms with Crippen LogP contribution in [-0.2, 0) is 19.0 Å². The topological polar surface area (TPSA) is 44.8 Å². The first-order valence-electron chi connectivity index (χ1n) is 6.45. The van der Waals surface area contributed by atoms with Crippen molar-refractivity contribution in [2.24, 2.45) is 17.8 Å². The second-order valence-electron chi connectivity index (χ2n) is 5.38. The molecule has 18 heavy (non-hydrogen) atoms. The van der Waals surface area contributed by atoms with Crippen molar-refractivity contribution in [1.82, 2.24) is 0 Å². The lowest BCUT2D eigenvalue weighted by atomic mass is 9.83. The van der Waals surface area contributed by atoms with Gasteiger partial charge in [0.15, 0.2) is 0 Å². The lowest BCUT2D eigenvalue weighted by Crippen LogP contribution is -2.39. The summed E-state index contributed by atoms with van der Waals surface area (Å²) in [6.07, 6.45) is 2.94. The van der Waals surface area contributed by atoms with E-state index in [9.17, 15) is 4.79 Å². The number of hydrogen-bond acceptors (Lipinski definition) is 4. The van der Waals surface area contributed by atoms with Gasteiger partial charge in [-0.05, 0) is 18.4 Å². The molecule has 0 aromatic heterocycles. The van der Waals surface area contributed by atoms with E-state index in [1.165, 1.54) is 6.92 Å². The summed E-state index contributed by atoms with van der Waals surface area (Å²) in [4.78, 5) is 11.0. The fourth-order valence-corrected chi connectivity index (χ4v) is 3.20. The highest BCUT2D eigenvalue weighted by Crippen LogP contribution is 2.55. The number of allylic oxidation sites excluding steroid dienone is 1. The molecule has 1 unspecified atom stereocenters. The second kappa shape index (κ2) is 4.57. The average Bonchev–Trinajstić information content (AvgIpc) is 3.03. The number of rotatable bonds is 4. The van der Waals surface area contributed by atoms with Crippen LogP contribution in [0.1, 0.15) is 27.2 Å². The highest BCUT2D eigenvalue weighted by atomic mass is 16.6. The summed E-state index contributed by atoms with van der Waals surface area (Å²) in [7, 11) is 3.42. The van der Waals surface area contributed by atoms with Gasteiger partial charge in [-0.1, -0.05) is 13.8 Å². The zero-order valence-corrected chi connectivity index (χ0v) is 11.7. The fourth-order valence-electron chi connectivity index (χ4n) is 3.20. The monoisotopic (exact) mass is 254 g/mol. The molecule has 5 atom stereocenters. The number of hydrogen-bond donors (Lipinski definition) is 0. The van der Waals surface area contributed by atoms with Gasteiger partial charge in [0.1, 0.15) is 6.10 Å². The van der Waals surface area contributed by atoms with Crippen LogP contribution in [0.25, 0.3) is 0 Å². The van der Waals surface area contributed by atoms with Gasteiger partial charge < -0.3 is 14.2 Å². The smallest absolute Gasteiger partial charge is 0.302 e. The first-order chi connectivity index (χ1) is 8.46. The Balaban J connectivity index is 2.18. The van der Waals surface area contributed by atoms with E-state index in [1.807, 2.05) is 0 Å². The van der Waals surface area contributed by atoms with Crippen LogP contribution in [-0.4, -0.2) is 31.9 Å². The largest absolute Gasteiger partial charge is 0.501 e. The summed E-state index contributed by atoms with van der Waals surface area (Å²) in [6, 6.07) is 0. The molecular formula is C14H22O4. The van der Waals surface area contributed by atoms with Crippen LogP contribution in [0, 0.1) is 17.8 Å². The molecule has 0 spiro atoms. The number of esters is 1. The van der Waals surface area contributed by atoms with Gasteiger partial charge in [0, 0.05) is 25.9 Å². The minimum Gasteiger partial charge on any atom is -0.501 e. The van der Waals surface area contributed by atoms with E-state index in [1.54, 1.807) is 14.2 Å². The molecule has 0 N–H and O–H groups in total. The van der Waals surface area contributed by atoms with E-state index >= 15 is 0 Å². The van der Waals surface area contributed by atoms with Gasteiger partial charge in [-0.15, -0.1) is 0 Å². The summed E-state index contributed by atoms with van der Waals surface area (Å²) in [6.45, 7) is 5.76. The SMILES string of the molecule is COC1=CC(OC)([C@@H]2C[C@@H]2OC(C)=O)[C@@H](C)[C@@H]1C. The number of ether oxygens (including phenoxy) is 3. The molecule has 2 aliphatic rings. The molecule has 102 valence electrons. The Morgan fingerprint density at radius 1 is 1.39 bits per heavy atom. The molecule has 0 aromatic rings. The predicted molar refractivity (Wildman–Crippen MR) is 66.8 cm³/mol. The minimum atomic E-state index is -0.356. The van der Waals surface area contributed by atoms with Gasteiger partial charge in [0.25, 0.3) is 0 Å². The van der Waals surface area contributed by atoms with Gasteiger partial charge in [0.2, 0.25) is 0 Å². The zero-order chi connectivity index (χ0) is 13.5. The van der Waals surface area contributed by atoms with Crippen LogP contribution in [0.15, 0.2) is 11.8 Å². The van der Waals surface area contributed by atoms with E-state index in [4.69, 9.17) is 14.2 Å². The molecular weight excluding hydrogens is 232 g/mol. The third-order valence-electron chi connectivity index (χ3n) is 4.50. The quantitative estimate of drug-likeness (QED) is 0.721. The van der Waals surface area contributed by atoms with Crippen LogP contribution in [0.5, 0.6) is 0 Å². The van der Waals surface area contributed by atoms with E-state index in [0.717, 1.165) is 12.2 Å². The van der Waals surface area contributed by atoms with Gasteiger partial charge in [-0.2, -0.15) is 0 Å². The maximum Gasteiger partial charge on any atom is 0.302 e. The number of carbonyl (C=O) groups is 1. The summed E-state index contributed by atoms with van der Waals surface area (Å²) < 4.78 is 16.5. The molecule has 4 heteroatoms. The Morgan fingerprint density at radius 3 is 2.50 bits per heavy atom. The molecule has 1 saturated carbocycles. The van der Waals surface area contributed by atoms with Gasteiger partial charge in [-0.25, -0.2) is 0 Å². The van der Waals surface area contributed by atoms with Crippen molar-refractivity contribution >= 4 is 5.97 Å². The Labute approximate surface area is 108 Å². The molecule has 0 aromatic carbocycles. The molecule has 0 amide bonds. The highest BCUT2D eigenvalue weighted by molar-refractivity contribution is 5.66. The number of methoxy groups -OCH3 is 2. The van der Waals surface area contributed by atoms with Crippen molar-refractivity contribution in [1.29, 1.82) is 0 Å². The lowest BCUT2D eigenvalue weighted by molar-refractivity contribution is -0.144. The molecule has 0 heterocycles. The zero-order valence-electron chi connectivity index (χ0n) is 11.7. The van der Waals surface area contributed by atoms with Gasteiger partial charge in [-0.3, -0.25) is 4.79 Å². The van der Waals surface area contributed by atoms with Crippen molar-refractivity contribution in [3.05, 3.63) is 11.8 Å². The maximum absolute atomic E-state index is 11.0. The predicted octanol–water partition coefficient (Wildman–Crippen LogP) is 2.14. The van der Waals surface area contributed by atoms with E-state index in [2.05, 4.69) is 19.9 Å². The summed E-state index contributed by atoms with van der Waals surface area (Å²) in [5.74, 6) is 1.65. The van der Waals surface area contributed by atoms with Crippen molar-refractivity contribution in [2.75, 3.05) is 14.2 Å². The third kappa shape index (κ3) is 1.92. The van der Waals surface area contributed by atoms with Crippen LogP contribution in [0.2, 0.25) is 0 Å². The van der Waals surface area contributed by atoms with Crippen molar-refractivity contribution < 1.29 is 19.0 Å². The Hall–Kier alpha value is -1.03. The summed E-state index contributed by atoms with van der Waals surface area (Å²) >= 11 is 0. The fraction of sp³-hybridized carbons (Fsp3) is 0.786. The molecule has 1 fully saturated rings. The Kier molecular flexibility index (Phi) is 3.41. The molecule has 2 aliphatic carbocycles. The van der Waals surface area contributed by atoms with E-state index < -0.39 is 0 Å². The normalized spacial score (nSPS) is 42.4. The van der Waals surface area contributed by atoms with Crippen LogP contribution < -0.4 is 0 Å². The van der Waals surface area contributed by atoms with Crippen molar-refractivity contribution in [2.45, 2.75) is 38.9 Å². The highest BCUT2D eigenvalue weighted by Gasteiger charge is 2.60. The molecule has 0 bridgehead atoms. The standard InChI is InChI=1S/C14H22O4/c1-8-9(2)14(17-5,7-13(8)16-4)11-6-12(11)18-10(3)15/h7-9,11-12H,6H2,1-5H3/t8-,9-,11+,12-,14?/m0/s1. The Morgan fingerprint density at radius 2 is 2.06 bits per heavy atom. The molecule has 4 nitrogen and oxygen atoms in total. The first kappa shape index (κ1) is 13.4. The second-order valence-corrected chi connectivity index (χ2v) is 5.38. The van der Waals surface area contributed by atoms with Gasteiger partial charge >= 0.3 is 5.97 Å². The van der Waals surface area contributed by atoms with Crippen LogP contribution >= 0.6 is 0 Å².